The molecule has 6 heteroatoms. The molecule has 6 nitrogen and oxygen atoms in total. The van der Waals surface area contributed by atoms with Crippen molar-refractivity contribution in [2.75, 3.05) is 40.3 Å². The number of carbonyl (C=O) groups is 2. The van der Waals surface area contributed by atoms with Crippen LogP contribution in [0.4, 0.5) is 0 Å². The van der Waals surface area contributed by atoms with Gasteiger partial charge in [-0.2, -0.15) is 0 Å². The first-order valence-corrected chi connectivity index (χ1v) is 6.89. The number of amides is 2. The van der Waals surface area contributed by atoms with Gasteiger partial charge in [0.15, 0.2) is 0 Å². The number of rotatable bonds is 2. The third-order valence-corrected chi connectivity index (χ3v) is 4.25. The van der Waals surface area contributed by atoms with Crippen LogP contribution in [0.25, 0.3) is 0 Å². The molecule has 3 atom stereocenters. The Kier molecular flexibility index (Phi) is 4.10. The first-order chi connectivity index (χ1) is 8.90. The molecule has 2 amide bonds. The quantitative estimate of drug-likeness (QED) is 0.696. The van der Waals surface area contributed by atoms with Crippen LogP contribution in [0.2, 0.25) is 0 Å². The van der Waals surface area contributed by atoms with Crippen LogP contribution in [-0.4, -0.2) is 84.9 Å². The average molecular weight is 268 g/mol. The van der Waals surface area contributed by atoms with Crippen molar-refractivity contribution in [3.8, 4) is 0 Å². The summed E-state index contributed by atoms with van der Waals surface area (Å²) < 4.78 is 0. The summed E-state index contributed by atoms with van der Waals surface area (Å²) in [6.45, 7) is 7.15. The van der Waals surface area contributed by atoms with Gasteiger partial charge in [0.2, 0.25) is 11.8 Å². The second-order valence-electron chi connectivity index (χ2n) is 5.79. The molecule has 2 saturated heterocycles. The normalized spacial score (nSPS) is 34.5. The fourth-order valence-electron chi connectivity index (χ4n) is 2.75. The molecular formula is C13H24N4O2. The molecule has 0 aromatic carbocycles. The number of nitrogens with zero attached hydrogens (tertiary/aromatic N) is 3. The van der Waals surface area contributed by atoms with Gasteiger partial charge in [-0.1, -0.05) is 0 Å². The van der Waals surface area contributed by atoms with Crippen molar-refractivity contribution in [1.82, 2.24) is 20.0 Å². The van der Waals surface area contributed by atoms with Gasteiger partial charge in [0, 0.05) is 32.2 Å². The fraction of sp³-hybridized carbons (Fsp3) is 0.846. The molecule has 0 aliphatic carbocycles. The summed E-state index contributed by atoms with van der Waals surface area (Å²) in [7, 11) is 4.18. The Labute approximate surface area is 114 Å². The highest BCUT2D eigenvalue weighted by atomic mass is 16.2. The van der Waals surface area contributed by atoms with Crippen LogP contribution < -0.4 is 5.32 Å². The lowest BCUT2D eigenvalue weighted by molar-refractivity contribution is -0.149. The Morgan fingerprint density at radius 1 is 1.21 bits per heavy atom. The molecule has 0 bridgehead atoms. The van der Waals surface area contributed by atoms with Crippen LogP contribution >= 0.6 is 0 Å². The van der Waals surface area contributed by atoms with Crippen molar-refractivity contribution in [1.29, 1.82) is 0 Å². The predicted molar refractivity (Wildman–Crippen MR) is 72.7 cm³/mol. The smallest absolute Gasteiger partial charge is 0.245 e. The SMILES string of the molecule is CC1NC(=O)C(C)N(CC2CN(C)CCN2C)C1=O. The summed E-state index contributed by atoms with van der Waals surface area (Å²) in [5.41, 5.74) is 0. The van der Waals surface area contributed by atoms with Crippen LogP contribution in [0.5, 0.6) is 0 Å². The summed E-state index contributed by atoms with van der Waals surface area (Å²) in [5, 5.41) is 2.71. The molecule has 2 fully saturated rings. The Bertz CT molecular complexity index is 374. The Balaban J connectivity index is 2.07. The summed E-state index contributed by atoms with van der Waals surface area (Å²) in [6.07, 6.45) is 0. The van der Waals surface area contributed by atoms with Crippen molar-refractivity contribution < 1.29 is 9.59 Å². The number of hydrogen-bond acceptors (Lipinski definition) is 4. The average Bonchev–Trinajstić information content (AvgIpc) is 2.36. The molecule has 3 unspecified atom stereocenters. The largest absolute Gasteiger partial charge is 0.343 e. The Hall–Kier alpha value is -1.14. The van der Waals surface area contributed by atoms with Gasteiger partial charge in [0.25, 0.3) is 0 Å². The third kappa shape index (κ3) is 2.90. The first-order valence-electron chi connectivity index (χ1n) is 6.89. The molecular weight excluding hydrogens is 244 g/mol. The molecule has 2 aliphatic rings. The minimum absolute atomic E-state index is 0.0220. The van der Waals surface area contributed by atoms with Crippen LogP contribution in [-0.2, 0) is 9.59 Å². The van der Waals surface area contributed by atoms with E-state index in [0.29, 0.717) is 12.6 Å². The third-order valence-electron chi connectivity index (χ3n) is 4.25. The van der Waals surface area contributed by atoms with Gasteiger partial charge < -0.3 is 15.1 Å². The number of carbonyl (C=O) groups excluding carboxylic acids is 2. The standard InChI is InChI=1S/C13H24N4O2/c1-9-13(19)17(10(2)12(18)14-9)8-11-7-15(3)5-6-16(11)4/h9-11H,5-8H2,1-4H3,(H,14,18). The fourth-order valence-corrected chi connectivity index (χ4v) is 2.75. The second kappa shape index (κ2) is 5.46. The second-order valence-corrected chi connectivity index (χ2v) is 5.79. The highest BCUT2D eigenvalue weighted by molar-refractivity contribution is 5.96. The Morgan fingerprint density at radius 3 is 2.58 bits per heavy atom. The van der Waals surface area contributed by atoms with Gasteiger partial charge in [0.1, 0.15) is 12.1 Å². The van der Waals surface area contributed by atoms with Crippen LogP contribution in [0.15, 0.2) is 0 Å². The van der Waals surface area contributed by atoms with E-state index in [4.69, 9.17) is 0 Å². The van der Waals surface area contributed by atoms with Gasteiger partial charge in [-0.05, 0) is 27.9 Å². The molecule has 108 valence electrons. The highest BCUT2D eigenvalue weighted by Gasteiger charge is 2.38. The maximum atomic E-state index is 12.2. The van der Waals surface area contributed by atoms with Crippen LogP contribution in [0, 0.1) is 0 Å². The van der Waals surface area contributed by atoms with Crippen molar-refractivity contribution >= 4 is 11.8 Å². The lowest BCUT2D eigenvalue weighted by Gasteiger charge is -2.43. The number of hydrogen-bond donors (Lipinski definition) is 1. The molecule has 0 aromatic heterocycles. The minimum Gasteiger partial charge on any atom is -0.343 e. The van der Waals surface area contributed by atoms with E-state index in [-0.39, 0.29) is 17.9 Å². The van der Waals surface area contributed by atoms with Crippen molar-refractivity contribution in [2.24, 2.45) is 0 Å². The zero-order chi connectivity index (χ0) is 14.2. The molecule has 2 aliphatic heterocycles. The van der Waals surface area contributed by atoms with Crippen molar-refractivity contribution in [2.45, 2.75) is 32.0 Å². The number of likely N-dealkylation sites (N-methyl/N-ethyl adjacent to an activating group) is 2. The molecule has 0 aromatic rings. The summed E-state index contributed by atoms with van der Waals surface area (Å²) >= 11 is 0. The molecule has 2 rings (SSSR count). The predicted octanol–water partition coefficient (Wildman–Crippen LogP) is -1.03. The van der Waals surface area contributed by atoms with Gasteiger partial charge in [0.05, 0.1) is 0 Å². The summed E-state index contributed by atoms with van der Waals surface area (Å²) in [5.74, 6) is -0.0346. The zero-order valence-electron chi connectivity index (χ0n) is 12.2. The summed E-state index contributed by atoms with van der Waals surface area (Å²) in [6, 6.07) is -0.483. The molecule has 2 heterocycles. The Morgan fingerprint density at radius 2 is 1.89 bits per heavy atom. The van der Waals surface area contributed by atoms with E-state index < -0.39 is 6.04 Å². The minimum atomic E-state index is -0.407. The summed E-state index contributed by atoms with van der Waals surface area (Å²) in [4.78, 5) is 30.3. The van der Waals surface area contributed by atoms with Gasteiger partial charge in [-0.15, -0.1) is 0 Å². The topological polar surface area (TPSA) is 55.9 Å². The maximum absolute atomic E-state index is 12.2. The van der Waals surface area contributed by atoms with Gasteiger partial charge in [-0.25, -0.2) is 0 Å². The van der Waals surface area contributed by atoms with Crippen LogP contribution in [0.3, 0.4) is 0 Å². The lowest BCUT2D eigenvalue weighted by atomic mass is 10.1. The maximum Gasteiger partial charge on any atom is 0.245 e. The lowest BCUT2D eigenvalue weighted by Crippen LogP contribution is -2.65. The molecule has 19 heavy (non-hydrogen) atoms. The van der Waals surface area contributed by atoms with Crippen molar-refractivity contribution in [3.05, 3.63) is 0 Å². The molecule has 1 N–H and O–H groups in total. The van der Waals surface area contributed by atoms with Crippen molar-refractivity contribution in [3.63, 3.8) is 0 Å². The molecule has 0 spiro atoms. The first kappa shape index (κ1) is 14.3. The number of piperazine rings is 2. The molecule has 0 radical (unpaired) electrons. The van der Waals surface area contributed by atoms with E-state index in [2.05, 4.69) is 29.2 Å². The zero-order valence-corrected chi connectivity index (χ0v) is 12.2. The molecule has 0 saturated carbocycles. The van der Waals surface area contributed by atoms with E-state index in [1.54, 1.807) is 18.7 Å². The van der Waals surface area contributed by atoms with Gasteiger partial charge >= 0.3 is 0 Å². The van der Waals surface area contributed by atoms with E-state index >= 15 is 0 Å². The van der Waals surface area contributed by atoms with Crippen LogP contribution in [0.1, 0.15) is 13.8 Å². The van der Waals surface area contributed by atoms with E-state index in [9.17, 15) is 9.59 Å². The van der Waals surface area contributed by atoms with E-state index in [1.165, 1.54) is 0 Å². The number of nitrogens with one attached hydrogen (secondary N) is 1. The van der Waals surface area contributed by atoms with E-state index in [1.807, 2.05) is 0 Å². The van der Waals surface area contributed by atoms with Gasteiger partial charge in [-0.3, -0.25) is 14.5 Å². The highest BCUT2D eigenvalue weighted by Crippen LogP contribution is 2.14. The van der Waals surface area contributed by atoms with E-state index in [0.717, 1.165) is 19.6 Å². The monoisotopic (exact) mass is 268 g/mol.